The summed E-state index contributed by atoms with van der Waals surface area (Å²) in [6.07, 6.45) is 4.50. The lowest BCUT2D eigenvalue weighted by Crippen LogP contribution is -2.50. The van der Waals surface area contributed by atoms with Crippen LogP contribution in [0.3, 0.4) is 0 Å². The standard InChI is InChI=1S/C16H28F2N4O2/c17-14(18)11-22-8-6-13(7-9-22)21-16(24)19-10-15(23)20-12-4-2-1-3-5-12/h12-14H,1-11H2,(H,20,23)(H2,19,21,24). The van der Waals surface area contributed by atoms with E-state index in [0.717, 1.165) is 25.7 Å². The molecule has 0 bridgehead atoms. The smallest absolute Gasteiger partial charge is 0.315 e. The van der Waals surface area contributed by atoms with Gasteiger partial charge in [-0.05, 0) is 25.7 Å². The summed E-state index contributed by atoms with van der Waals surface area (Å²) in [4.78, 5) is 25.4. The summed E-state index contributed by atoms with van der Waals surface area (Å²) in [7, 11) is 0. The Balaban J connectivity index is 1.57. The Bertz CT molecular complexity index is 409. The molecule has 2 fully saturated rings. The summed E-state index contributed by atoms with van der Waals surface area (Å²) in [5.74, 6) is -0.163. The van der Waals surface area contributed by atoms with Crippen molar-refractivity contribution in [3.63, 3.8) is 0 Å². The number of nitrogens with one attached hydrogen (secondary N) is 3. The molecule has 1 aliphatic carbocycles. The molecular formula is C16H28F2N4O2. The molecule has 0 aromatic heterocycles. The number of rotatable bonds is 6. The number of carbonyl (C=O) groups is 2. The van der Waals surface area contributed by atoms with Gasteiger partial charge in [0.1, 0.15) is 0 Å². The van der Waals surface area contributed by atoms with Gasteiger partial charge in [0.25, 0.3) is 6.43 Å². The third-order valence-electron chi connectivity index (χ3n) is 4.70. The predicted molar refractivity (Wildman–Crippen MR) is 87.0 cm³/mol. The van der Waals surface area contributed by atoms with Crippen LogP contribution in [0.5, 0.6) is 0 Å². The summed E-state index contributed by atoms with van der Waals surface area (Å²) in [6, 6.07) is -0.170. The van der Waals surface area contributed by atoms with Crippen LogP contribution in [0.1, 0.15) is 44.9 Å². The first kappa shape index (κ1) is 18.9. The van der Waals surface area contributed by atoms with E-state index in [0.29, 0.717) is 25.9 Å². The zero-order valence-corrected chi connectivity index (χ0v) is 14.0. The van der Waals surface area contributed by atoms with E-state index in [1.54, 1.807) is 4.90 Å². The Hall–Kier alpha value is -1.44. The van der Waals surface area contributed by atoms with Crippen molar-refractivity contribution in [1.82, 2.24) is 20.9 Å². The average molecular weight is 346 g/mol. The number of urea groups is 1. The second-order valence-electron chi connectivity index (χ2n) is 6.70. The minimum absolute atomic E-state index is 0.0275. The quantitative estimate of drug-likeness (QED) is 0.682. The van der Waals surface area contributed by atoms with E-state index in [-0.39, 0.29) is 37.1 Å². The molecule has 0 atom stereocenters. The molecule has 2 aliphatic rings. The number of halogens is 2. The number of amides is 3. The SMILES string of the molecule is O=C(CNC(=O)NC1CCN(CC(F)F)CC1)NC1CCCCC1. The Morgan fingerprint density at radius 2 is 1.58 bits per heavy atom. The number of alkyl halides is 2. The Morgan fingerprint density at radius 3 is 2.21 bits per heavy atom. The Morgan fingerprint density at radius 1 is 0.958 bits per heavy atom. The molecule has 1 aliphatic heterocycles. The normalized spacial score (nSPS) is 20.8. The fraction of sp³-hybridized carbons (Fsp3) is 0.875. The maximum atomic E-state index is 12.3. The summed E-state index contributed by atoms with van der Waals surface area (Å²) in [6.45, 7) is 0.863. The molecule has 1 saturated heterocycles. The van der Waals surface area contributed by atoms with Crippen LogP contribution < -0.4 is 16.0 Å². The molecule has 2 rings (SSSR count). The van der Waals surface area contributed by atoms with Gasteiger partial charge in [-0.25, -0.2) is 13.6 Å². The maximum Gasteiger partial charge on any atom is 0.315 e. The Kier molecular flexibility index (Phi) is 7.68. The van der Waals surface area contributed by atoms with E-state index >= 15 is 0 Å². The lowest BCUT2D eigenvalue weighted by atomic mass is 9.95. The van der Waals surface area contributed by atoms with Gasteiger partial charge < -0.3 is 16.0 Å². The highest BCUT2D eigenvalue weighted by molar-refractivity contribution is 5.84. The summed E-state index contributed by atoms with van der Waals surface area (Å²) in [5, 5.41) is 8.32. The van der Waals surface area contributed by atoms with Gasteiger partial charge in [0.2, 0.25) is 5.91 Å². The molecule has 1 saturated carbocycles. The van der Waals surface area contributed by atoms with E-state index in [4.69, 9.17) is 0 Å². The van der Waals surface area contributed by atoms with Crippen molar-refractivity contribution in [2.24, 2.45) is 0 Å². The second kappa shape index (κ2) is 9.76. The van der Waals surface area contributed by atoms with Gasteiger partial charge in [-0.2, -0.15) is 0 Å². The molecule has 3 amide bonds. The lowest BCUT2D eigenvalue weighted by molar-refractivity contribution is -0.121. The molecule has 138 valence electrons. The van der Waals surface area contributed by atoms with Crippen LogP contribution in [-0.4, -0.2) is 61.5 Å². The van der Waals surface area contributed by atoms with Crippen molar-refractivity contribution in [2.75, 3.05) is 26.2 Å². The Labute approximate surface area is 141 Å². The van der Waals surface area contributed by atoms with E-state index in [2.05, 4.69) is 16.0 Å². The monoisotopic (exact) mass is 346 g/mol. The molecule has 0 unspecified atom stereocenters. The van der Waals surface area contributed by atoms with Crippen LogP contribution in [0.15, 0.2) is 0 Å². The minimum Gasteiger partial charge on any atom is -0.352 e. The van der Waals surface area contributed by atoms with Crippen LogP contribution in [0.25, 0.3) is 0 Å². The molecule has 24 heavy (non-hydrogen) atoms. The molecule has 6 nitrogen and oxygen atoms in total. The average Bonchev–Trinajstić information content (AvgIpc) is 2.55. The first-order chi connectivity index (χ1) is 11.5. The molecule has 8 heteroatoms. The highest BCUT2D eigenvalue weighted by atomic mass is 19.3. The highest BCUT2D eigenvalue weighted by Gasteiger charge is 2.22. The van der Waals surface area contributed by atoms with E-state index in [1.807, 2.05) is 0 Å². The largest absolute Gasteiger partial charge is 0.352 e. The van der Waals surface area contributed by atoms with Crippen LogP contribution in [-0.2, 0) is 4.79 Å². The van der Waals surface area contributed by atoms with Gasteiger partial charge in [-0.1, -0.05) is 19.3 Å². The van der Waals surface area contributed by atoms with Crippen molar-refractivity contribution >= 4 is 11.9 Å². The first-order valence-electron chi connectivity index (χ1n) is 8.87. The fourth-order valence-electron chi connectivity index (χ4n) is 3.38. The molecule has 3 N–H and O–H groups in total. The summed E-state index contributed by atoms with van der Waals surface area (Å²) in [5.41, 5.74) is 0. The number of carbonyl (C=O) groups excluding carboxylic acids is 2. The van der Waals surface area contributed by atoms with Crippen LogP contribution >= 0.6 is 0 Å². The van der Waals surface area contributed by atoms with Gasteiger partial charge in [0.15, 0.2) is 0 Å². The van der Waals surface area contributed by atoms with Crippen molar-refractivity contribution in [3.05, 3.63) is 0 Å². The molecule has 0 aromatic carbocycles. The lowest BCUT2D eigenvalue weighted by Gasteiger charge is -2.32. The van der Waals surface area contributed by atoms with Crippen LogP contribution in [0.2, 0.25) is 0 Å². The minimum atomic E-state index is -2.32. The number of hydrogen-bond acceptors (Lipinski definition) is 3. The molecule has 0 radical (unpaired) electrons. The van der Waals surface area contributed by atoms with Gasteiger partial charge in [0.05, 0.1) is 13.1 Å². The number of hydrogen-bond donors (Lipinski definition) is 3. The topological polar surface area (TPSA) is 73.5 Å². The van der Waals surface area contributed by atoms with E-state index in [1.165, 1.54) is 6.42 Å². The zero-order chi connectivity index (χ0) is 17.4. The predicted octanol–water partition coefficient (Wildman–Crippen LogP) is 1.46. The van der Waals surface area contributed by atoms with E-state index < -0.39 is 6.43 Å². The van der Waals surface area contributed by atoms with Crippen molar-refractivity contribution in [3.8, 4) is 0 Å². The fourth-order valence-corrected chi connectivity index (χ4v) is 3.38. The third-order valence-corrected chi connectivity index (χ3v) is 4.70. The molecule has 1 heterocycles. The van der Waals surface area contributed by atoms with Gasteiger partial charge in [-0.3, -0.25) is 9.69 Å². The number of piperidine rings is 1. The van der Waals surface area contributed by atoms with Crippen molar-refractivity contribution in [2.45, 2.75) is 63.5 Å². The molecule has 0 spiro atoms. The molecule has 0 aromatic rings. The maximum absolute atomic E-state index is 12.3. The van der Waals surface area contributed by atoms with Gasteiger partial charge in [-0.15, -0.1) is 0 Å². The number of nitrogens with zero attached hydrogens (tertiary/aromatic N) is 1. The van der Waals surface area contributed by atoms with Crippen LogP contribution in [0, 0.1) is 0 Å². The highest BCUT2D eigenvalue weighted by Crippen LogP contribution is 2.17. The van der Waals surface area contributed by atoms with Gasteiger partial charge in [0, 0.05) is 25.2 Å². The van der Waals surface area contributed by atoms with Crippen molar-refractivity contribution in [1.29, 1.82) is 0 Å². The zero-order valence-electron chi connectivity index (χ0n) is 14.0. The van der Waals surface area contributed by atoms with Crippen molar-refractivity contribution < 1.29 is 18.4 Å². The van der Waals surface area contributed by atoms with Gasteiger partial charge >= 0.3 is 6.03 Å². The van der Waals surface area contributed by atoms with E-state index in [9.17, 15) is 18.4 Å². The number of likely N-dealkylation sites (tertiary alicyclic amines) is 1. The second-order valence-corrected chi connectivity index (χ2v) is 6.70. The third kappa shape index (κ3) is 6.98. The molecular weight excluding hydrogens is 318 g/mol. The first-order valence-corrected chi connectivity index (χ1v) is 8.87. The summed E-state index contributed by atoms with van der Waals surface area (Å²) >= 11 is 0. The van der Waals surface area contributed by atoms with Crippen LogP contribution in [0.4, 0.5) is 13.6 Å². The summed E-state index contributed by atoms with van der Waals surface area (Å²) < 4.78 is 24.6.